The van der Waals surface area contributed by atoms with Gasteiger partial charge in [0, 0.05) is 40.6 Å². The van der Waals surface area contributed by atoms with Crippen LogP contribution < -0.4 is 22.3 Å². The third-order valence-corrected chi connectivity index (χ3v) is 5.93. The lowest BCUT2D eigenvalue weighted by Crippen LogP contribution is -2.45. The molecule has 0 bridgehead atoms. The summed E-state index contributed by atoms with van der Waals surface area (Å²) in [6.45, 7) is 4.94. The van der Waals surface area contributed by atoms with Gasteiger partial charge in [-0.15, -0.1) is 0 Å². The van der Waals surface area contributed by atoms with Crippen LogP contribution in [-0.2, 0) is 4.79 Å². The third-order valence-electron chi connectivity index (χ3n) is 5.62. The molecule has 2 amide bonds. The van der Waals surface area contributed by atoms with Crippen molar-refractivity contribution in [3.05, 3.63) is 93.3 Å². The number of rotatable bonds is 8. The Labute approximate surface area is 229 Å². The van der Waals surface area contributed by atoms with Crippen molar-refractivity contribution >= 4 is 42.2 Å². The fraction of sp³-hybridized carbons (Fsp3) is 0.107. The molecule has 3 rings (SSSR count). The second-order valence-electron chi connectivity index (χ2n) is 8.16. The molecule has 1 atom stereocenters. The van der Waals surface area contributed by atoms with Crippen molar-refractivity contribution in [2.45, 2.75) is 13.0 Å². The van der Waals surface area contributed by atoms with Crippen LogP contribution in [0.5, 0.6) is 0 Å². The number of nitrogens with two attached hydrogens (primary N) is 2. The molecule has 0 saturated heterocycles. The summed E-state index contributed by atoms with van der Waals surface area (Å²) in [7, 11) is 0. The van der Waals surface area contributed by atoms with Gasteiger partial charge >= 0.3 is 5.97 Å². The van der Waals surface area contributed by atoms with Crippen LogP contribution in [0.3, 0.4) is 0 Å². The number of hydrogen-bond acceptors (Lipinski definition) is 7. The highest BCUT2D eigenvalue weighted by atomic mass is 35.5. The molecule has 198 valence electrons. The van der Waals surface area contributed by atoms with Gasteiger partial charge in [-0.1, -0.05) is 35.6 Å². The first-order chi connectivity index (χ1) is 18.7. The van der Waals surface area contributed by atoms with E-state index in [2.05, 4.69) is 39.3 Å². The maximum Gasteiger partial charge on any atom is 0.327 e. The minimum atomic E-state index is -1.23. The molecule has 0 aliphatic heterocycles. The fourth-order valence-corrected chi connectivity index (χ4v) is 3.69. The second kappa shape index (κ2) is 13.1. The lowest BCUT2D eigenvalue weighted by molar-refractivity contribution is -0.138. The third kappa shape index (κ3) is 7.15. The van der Waals surface area contributed by atoms with Gasteiger partial charge in [0.15, 0.2) is 0 Å². The summed E-state index contributed by atoms with van der Waals surface area (Å²) >= 11 is 6.30. The van der Waals surface area contributed by atoms with Crippen LogP contribution in [0.15, 0.2) is 59.7 Å². The summed E-state index contributed by atoms with van der Waals surface area (Å²) in [6, 6.07) is 12.1. The maximum absolute atomic E-state index is 12.3. The molecule has 10 nitrogen and oxygen atoms in total. The number of halogens is 1. The molecule has 0 aliphatic carbocycles. The van der Waals surface area contributed by atoms with Gasteiger partial charge in [0.25, 0.3) is 11.8 Å². The topological polar surface area (TPSA) is 173 Å². The Bertz CT molecular complexity index is 1520. The highest BCUT2D eigenvalue weighted by molar-refractivity contribution is 6.32. The second-order valence-corrected chi connectivity index (χ2v) is 8.57. The summed E-state index contributed by atoms with van der Waals surface area (Å²) in [6.07, 6.45) is 3.14. The summed E-state index contributed by atoms with van der Waals surface area (Å²) in [4.78, 5) is 44.0. The maximum atomic E-state index is 12.3. The minimum absolute atomic E-state index is 0.181. The molecule has 3 aromatic rings. The van der Waals surface area contributed by atoms with E-state index in [0.717, 1.165) is 5.56 Å². The van der Waals surface area contributed by atoms with Crippen molar-refractivity contribution in [3.8, 4) is 23.1 Å². The Morgan fingerprint density at radius 2 is 1.87 bits per heavy atom. The molecule has 11 heteroatoms. The van der Waals surface area contributed by atoms with Crippen molar-refractivity contribution in [2.24, 2.45) is 16.6 Å². The number of aromatic nitrogens is 1. The zero-order valence-corrected chi connectivity index (χ0v) is 21.6. The number of carboxylic acid groups (broad SMARTS) is 1. The lowest BCUT2D eigenvalue weighted by atomic mass is 10.0. The Balaban J connectivity index is 1.84. The SMILES string of the molecule is C=N/C=C\c1nc(-c2ccc(C#Cc3ccc(C(=O)NC(CN)C(=O)O)cc3Cl)cc2)cc(C(=O)NN)c1C. The van der Waals surface area contributed by atoms with Crippen molar-refractivity contribution < 1.29 is 19.5 Å². The van der Waals surface area contributed by atoms with E-state index in [9.17, 15) is 14.4 Å². The van der Waals surface area contributed by atoms with Crippen molar-refractivity contribution in [1.82, 2.24) is 15.7 Å². The predicted octanol–water partition coefficient (Wildman–Crippen LogP) is 2.53. The van der Waals surface area contributed by atoms with Crippen molar-refractivity contribution in [2.75, 3.05) is 6.54 Å². The van der Waals surface area contributed by atoms with Crippen molar-refractivity contribution in [3.63, 3.8) is 0 Å². The van der Waals surface area contributed by atoms with Crippen molar-refractivity contribution in [1.29, 1.82) is 0 Å². The molecular weight excluding hydrogens is 520 g/mol. The standard InChI is InChI=1S/C28H25ClN6O4/c1-16-21(27(37)35-31)14-24(33-23(16)11-12-32-2)19-7-4-17(5-8-19)3-6-18-9-10-20(13-22(18)29)26(36)34-25(15-30)28(38)39/h4-5,7-14,25H,2,15,30-31H2,1H3,(H,34,36)(H,35,37)(H,38,39)/b12-11-. The molecule has 7 N–H and O–H groups in total. The number of benzene rings is 2. The number of aliphatic carboxylic acids is 1. The van der Waals surface area contributed by atoms with E-state index in [4.69, 9.17) is 28.3 Å². The summed E-state index contributed by atoms with van der Waals surface area (Å²) in [5.74, 6) is 9.04. The van der Waals surface area contributed by atoms with Gasteiger partial charge in [0.1, 0.15) is 6.04 Å². The Kier molecular flexibility index (Phi) is 9.67. The first kappa shape index (κ1) is 28.7. The molecule has 1 unspecified atom stereocenters. The van der Waals surface area contributed by atoms with Gasteiger partial charge in [-0.2, -0.15) is 0 Å². The van der Waals surface area contributed by atoms with Crippen LogP contribution in [0.2, 0.25) is 5.02 Å². The number of hydrogen-bond donors (Lipinski definition) is 5. The van der Waals surface area contributed by atoms with Crippen LogP contribution in [-0.4, -0.2) is 47.2 Å². The molecule has 2 aromatic carbocycles. The molecule has 1 aromatic heterocycles. The van der Waals surface area contributed by atoms with E-state index in [1.165, 1.54) is 18.3 Å². The van der Waals surface area contributed by atoms with Gasteiger partial charge in [-0.3, -0.25) is 20.0 Å². The van der Waals surface area contributed by atoms with Crippen LogP contribution >= 0.6 is 11.6 Å². The first-order valence-corrected chi connectivity index (χ1v) is 11.9. The van der Waals surface area contributed by atoms with Gasteiger partial charge in [0.2, 0.25) is 0 Å². The van der Waals surface area contributed by atoms with Gasteiger partial charge < -0.3 is 16.2 Å². The zero-order chi connectivity index (χ0) is 28.5. The van der Waals surface area contributed by atoms with Crippen LogP contribution in [0.4, 0.5) is 0 Å². The largest absolute Gasteiger partial charge is 0.480 e. The van der Waals surface area contributed by atoms with E-state index in [0.29, 0.717) is 33.6 Å². The van der Waals surface area contributed by atoms with Crippen LogP contribution in [0.1, 0.15) is 43.1 Å². The molecule has 0 saturated carbocycles. The number of pyridine rings is 1. The number of carbonyl (C=O) groups is 3. The summed E-state index contributed by atoms with van der Waals surface area (Å²) < 4.78 is 0. The minimum Gasteiger partial charge on any atom is -0.480 e. The van der Waals surface area contributed by atoms with Gasteiger partial charge in [0.05, 0.1) is 16.4 Å². The van der Waals surface area contributed by atoms with Crippen LogP contribution in [0.25, 0.3) is 17.3 Å². The molecular formula is C28H25ClN6O4. The zero-order valence-electron chi connectivity index (χ0n) is 20.9. The molecule has 0 radical (unpaired) electrons. The Hall–Kier alpha value is -4.82. The molecule has 0 fully saturated rings. The first-order valence-electron chi connectivity index (χ1n) is 11.5. The monoisotopic (exact) mass is 544 g/mol. The molecule has 0 spiro atoms. The van der Waals surface area contributed by atoms with Gasteiger partial charge in [-0.05, 0) is 61.7 Å². The Morgan fingerprint density at radius 3 is 2.46 bits per heavy atom. The van der Waals surface area contributed by atoms with E-state index >= 15 is 0 Å². The van der Waals surface area contributed by atoms with E-state index in [-0.39, 0.29) is 17.1 Å². The smallest absolute Gasteiger partial charge is 0.327 e. The summed E-state index contributed by atoms with van der Waals surface area (Å²) in [5.41, 5.74) is 11.7. The number of carbonyl (C=O) groups excluding carboxylic acids is 2. The number of carboxylic acids is 1. The van der Waals surface area contributed by atoms with E-state index in [1.807, 2.05) is 12.1 Å². The normalized spacial score (nSPS) is 11.3. The number of nitrogen functional groups attached to an aromatic ring is 1. The highest BCUT2D eigenvalue weighted by Gasteiger charge is 2.19. The van der Waals surface area contributed by atoms with Gasteiger partial charge in [-0.25, -0.2) is 15.6 Å². The number of nitrogens with one attached hydrogen (secondary N) is 2. The number of amides is 2. The lowest BCUT2D eigenvalue weighted by Gasteiger charge is -2.12. The highest BCUT2D eigenvalue weighted by Crippen LogP contribution is 2.24. The average Bonchev–Trinajstić information content (AvgIpc) is 2.94. The van der Waals surface area contributed by atoms with E-state index < -0.39 is 23.8 Å². The summed E-state index contributed by atoms with van der Waals surface area (Å²) in [5, 5.41) is 11.6. The predicted molar refractivity (Wildman–Crippen MR) is 150 cm³/mol. The molecule has 0 aliphatic rings. The number of nitrogens with zero attached hydrogens (tertiary/aromatic N) is 2. The number of hydrazine groups is 1. The molecule has 39 heavy (non-hydrogen) atoms. The number of aliphatic imine (C=N–C) groups is 1. The fourth-order valence-electron chi connectivity index (χ4n) is 3.46. The van der Waals surface area contributed by atoms with Crippen LogP contribution in [0, 0.1) is 18.8 Å². The average molecular weight is 545 g/mol. The molecule has 1 heterocycles. The Morgan fingerprint density at radius 1 is 1.15 bits per heavy atom. The quantitative estimate of drug-likeness (QED) is 0.0952. The van der Waals surface area contributed by atoms with E-state index in [1.54, 1.807) is 37.3 Å².